The number of nitriles is 1. The lowest BCUT2D eigenvalue weighted by molar-refractivity contribution is 0.585. The zero-order valence-electron chi connectivity index (χ0n) is 11.6. The second-order valence-corrected chi connectivity index (χ2v) is 5.35. The molecule has 0 aliphatic heterocycles. The normalized spacial score (nSPS) is 10.6. The Labute approximate surface area is 125 Å². The molecule has 0 aliphatic rings. The number of nitrogens with zero attached hydrogens (tertiary/aromatic N) is 4. The first-order valence-electron chi connectivity index (χ1n) is 6.31. The molecule has 0 aliphatic carbocycles. The van der Waals surface area contributed by atoms with Gasteiger partial charge in [-0.1, -0.05) is 0 Å². The largest absolute Gasteiger partial charge is 0.306 e. The second-order valence-electron chi connectivity index (χ2n) is 4.55. The summed E-state index contributed by atoms with van der Waals surface area (Å²) in [6.45, 7) is 6.91. The smallest absolute Gasteiger partial charge is 0.269 e. The van der Waals surface area contributed by atoms with Crippen LogP contribution in [0.25, 0.3) is 0 Å². The van der Waals surface area contributed by atoms with Gasteiger partial charge in [-0.2, -0.15) is 10.4 Å². The fourth-order valence-electron chi connectivity index (χ4n) is 2.12. The first-order valence-corrected chi connectivity index (χ1v) is 7.11. The maximum atomic E-state index is 12.2. The van der Waals surface area contributed by atoms with Crippen LogP contribution in [-0.4, -0.2) is 14.3 Å². The van der Waals surface area contributed by atoms with Gasteiger partial charge in [0, 0.05) is 12.2 Å². The third-order valence-electron chi connectivity index (χ3n) is 3.27. The number of rotatable bonds is 3. The molecule has 104 valence electrons. The summed E-state index contributed by atoms with van der Waals surface area (Å²) in [4.78, 5) is 12.2. The summed E-state index contributed by atoms with van der Waals surface area (Å²) in [5, 5.41) is 13.4. The van der Waals surface area contributed by atoms with E-state index in [1.807, 2.05) is 31.5 Å². The van der Waals surface area contributed by atoms with Crippen LogP contribution in [0.15, 0.2) is 21.4 Å². The molecule has 6 heteroatoms. The summed E-state index contributed by atoms with van der Waals surface area (Å²) < 4.78 is 4.38. The summed E-state index contributed by atoms with van der Waals surface area (Å²) in [6, 6.07) is 5.28. The minimum absolute atomic E-state index is 0.158. The highest BCUT2D eigenvalue weighted by molar-refractivity contribution is 9.10. The van der Waals surface area contributed by atoms with E-state index in [1.165, 1.54) is 0 Å². The molecule has 0 atom stereocenters. The fraction of sp³-hybridized carbons (Fsp3) is 0.357. The lowest BCUT2D eigenvalue weighted by Crippen LogP contribution is -2.26. The maximum absolute atomic E-state index is 12.2. The van der Waals surface area contributed by atoms with E-state index in [0.29, 0.717) is 6.54 Å². The molecule has 0 fully saturated rings. The predicted molar refractivity (Wildman–Crippen MR) is 79.6 cm³/mol. The molecule has 0 N–H and O–H groups in total. The Balaban J connectivity index is 2.57. The molecule has 0 bridgehead atoms. The third-order valence-corrected chi connectivity index (χ3v) is 4.31. The van der Waals surface area contributed by atoms with Crippen molar-refractivity contribution in [1.82, 2.24) is 14.3 Å². The molecular weight excluding hydrogens is 320 g/mol. The van der Waals surface area contributed by atoms with Gasteiger partial charge in [-0.15, -0.1) is 0 Å². The SMILES string of the molecule is CCn1nc(C)c(Br)c1Cn1c(C)ccc(C#N)c1=O. The van der Waals surface area contributed by atoms with E-state index in [2.05, 4.69) is 21.0 Å². The van der Waals surface area contributed by atoms with Crippen LogP contribution < -0.4 is 5.56 Å². The van der Waals surface area contributed by atoms with Crippen LogP contribution in [0.2, 0.25) is 0 Å². The highest BCUT2D eigenvalue weighted by atomic mass is 79.9. The number of pyridine rings is 1. The van der Waals surface area contributed by atoms with Crippen molar-refractivity contribution in [2.75, 3.05) is 0 Å². The van der Waals surface area contributed by atoms with Crippen LogP contribution in [0.5, 0.6) is 0 Å². The Hall–Kier alpha value is -1.87. The summed E-state index contributed by atoms with van der Waals surface area (Å²) in [5.41, 5.74) is 2.55. The van der Waals surface area contributed by atoms with E-state index in [4.69, 9.17) is 5.26 Å². The average Bonchev–Trinajstić information content (AvgIpc) is 2.70. The van der Waals surface area contributed by atoms with Gasteiger partial charge in [0.2, 0.25) is 0 Å². The van der Waals surface area contributed by atoms with Crippen molar-refractivity contribution in [2.45, 2.75) is 33.9 Å². The molecule has 0 saturated carbocycles. The molecule has 20 heavy (non-hydrogen) atoms. The van der Waals surface area contributed by atoms with Crippen molar-refractivity contribution in [3.05, 3.63) is 49.6 Å². The van der Waals surface area contributed by atoms with Gasteiger partial charge < -0.3 is 4.57 Å². The Kier molecular flexibility index (Phi) is 4.09. The van der Waals surface area contributed by atoms with E-state index >= 15 is 0 Å². The van der Waals surface area contributed by atoms with Gasteiger partial charge in [0.25, 0.3) is 5.56 Å². The summed E-state index contributed by atoms with van der Waals surface area (Å²) in [7, 11) is 0. The molecule has 0 amide bonds. The van der Waals surface area contributed by atoms with Crippen LogP contribution in [0.4, 0.5) is 0 Å². The van der Waals surface area contributed by atoms with Crippen LogP contribution in [0.3, 0.4) is 0 Å². The van der Waals surface area contributed by atoms with Crippen LogP contribution in [0.1, 0.15) is 29.6 Å². The molecule has 2 heterocycles. The van der Waals surface area contributed by atoms with Gasteiger partial charge in [0.05, 0.1) is 22.4 Å². The van der Waals surface area contributed by atoms with Gasteiger partial charge in [0.15, 0.2) is 0 Å². The van der Waals surface area contributed by atoms with Crippen LogP contribution in [-0.2, 0) is 13.1 Å². The minimum atomic E-state index is -0.263. The number of halogens is 1. The molecule has 0 aromatic carbocycles. The Bertz CT molecular complexity index is 752. The number of hydrogen-bond acceptors (Lipinski definition) is 3. The zero-order chi connectivity index (χ0) is 14.9. The number of aromatic nitrogens is 3. The third kappa shape index (κ3) is 2.41. The Morgan fingerprint density at radius 3 is 2.70 bits per heavy atom. The van der Waals surface area contributed by atoms with E-state index in [1.54, 1.807) is 16.7 Å². The van der Waals surface area contributed by atoms with Crippen LogP contribution in [0, 0.1) is 25.2 Å². The summed E-state index contributed by atoms with van der Waals surface area (Å²) in [5.74, 6) is 0. The average molecular weight is 335 g/mol. The van der Waals surface area contributed by atoms with Gasteiger partial charge in [-0.25, -0.2) is 0 Å². The van der Waals surface area contributed by atoms with Gasteiger partial charge in [-0.05, 0) is 48.8 Å². The molecule has 0 radical (unpaired) electrons. The van der Waals surface area contributed by atoms with Crippen LogP contribution >= 0.6 is 15.9 Å². The van der Waals surface area contributed by atoms with Crippen molar-refractivity contribution in [3.8, 4) is 6.07 Å². The molecule has 0 saturated heterocycles. The summed E-state index contributed by atoms with van der Waals surface area (Å²) in [6.07, 6.45) is 0. The van der Waals surface area contributed by atoms with E-state index in [9.17, 15) is 4.79 Å². The number of aryl methyl sites for hydroxylation is 3. The van der Waals surface area contributed by atoms with Crippen molar-refractivity contribution < 1.29 is 0 Å². The second kappa shape index (κ2) is 5.63. The highest BCUT2D eigenvalue weighted by Crippen LogP contribution is 2.22. The lowest BCUT2D eigenvalue weighted by Gasteiger charge is -2.11. The van der Waals surface area contributed by atoms with Crippen molar-refractivity contribution in [1.29, 1.82) is 5.26 Å². The minimum Gasteiger partial charge on any atom is -0.306 e. The van der Waals surface area contributed by atoms with E-state index in [-0.39, 0.29) is 11.1 Å². The molecule has 0 unspecified atom stereocenters. The molecule has 5 nitrogen and oxygen atoms in total. The van der Waals surface area contributed by atoms with E-state index in [0.717, 1.165) is 28.1 Å². The topological polar surface area (TPSA) is 63.6 Å². The number of hydrogen-bond donors (Lipinski definition) is 0. The van der Waals surface area contributed by atoms with Crippen molar-refractivity contribution >= 4 is 15.9 Å². The van der Waals surface area contributed by atoms with Gasteiger partial charge in [-0.3, -0.25) is 9.48 Å². The maximum Gasteiger partial charge on any atom is 0.269 e. The standard InChI is InChI=1S/C14H15BrN4O/c1-4-19-12(13(15)10(3)17-19)8-18-9(2)5-6-11(7-16)14(18)20/h5-6H,4,8H2,1-3H3. The first kappa shape index (κ1) is 14.5. The van der Waals surface area contributed by atoms with Crippen molar-refractivity contribution in [3.63, 3.8) is 0 Å². The fourth-order valence-corrected chi connectivity index (χ4v) is 2.53. The molecule has 2 aromatic rings. The van der Waals surface area contributed by atoms with Gasteiger partial charge in [0.1, 0.15) is 11.6 Å². The first-order chi connectivity index (χ1) is 9.49. The lowest BCUT2D eigenvalue weighted by atomic mass is 10.2. The van der Waals surface area contributed by atoms with E-state index < -0.39 is 0 Å². The van der Waals surface area contributed by atoms with Gasteiger partial charge >= 0.3 is 0 Å². The zero-order valence-corrected chi connectivity index (χ0v) is 13.2. The molecule has 0 spiro atoms. The monoisotopic (exact) mass is 334 g/mol. The summed E-state index contributed by atoms with van der Waals surface area (Å²) >= 11 is 3.52. The molecule has 2 aromatic heterocycles. The molecular formula is C14H15BrN4O. The Morgan fingerprint density at radius 2 is 2.10 bits per heavy atom. The molecule has 2 rings (SSSR count). The quantitative estimate of drug-likeness (QED) is 0.865. The Morgan fingerprint density at radius 1 is 1.40 bits per heavy atom. The van der Waals surface area contributed by atoms with Crippen molar-refractivity contribution in [2.24, 2.45) is 0 Å². The predicted octanol–water partition coefficient (Wildman–Crippen LogP) is 2.36. The highest BCUT2D eigenvalue weighted by Gasteiger charge is 2.15.